The Bertz CT molecular complexity index is 971. The lowest BCUT2D eigenvalue weighted by Crippen LogP contribution is -2.47. The molecule has 4 rings (SSSR count). The van der Waals surface area contributed by atoms with Gasteiger partial charge < -0.3 is 5.11 Å². The van der Waals surface area contributed by atoms with E-state index in [1.165, 1.54) is 6.42 Å². The Morgan fingerprint density at radius 2 is 1.67 bits per heavy atom. The first-order valence-electron chi connectivity index (χ1n) is 10.8. The summed E-state index contributed by atoms with van der Waals surface area (Å²) in [6.45, 7) is 8.16. The van der Waals surface area contributed by atoms with Crippen LogP contribution in [0.2, 0.25) is 0 Å². The maximum atomic E-state index is 13.4. The second kappa shape index (κ2) is 7.97. The van der Waals surface area contributed by atoms with Crippen LogP contribution in [0.1, 0.15) is 58.3 Å². The Hall–Kier alpha value is -2.50. The smallest absolute Gasteiger partial charge is 0.265 e. The average molecular weight is 407 g/mol. The molecule has 5 heteroatoms. The largest absolute Gasteiger partial charge is 0.375 e. The summed E-state index contributed by atoms with van der Waals surface area (Å²) in [7, 11) is 0. The van der Waals surface area contributed by atoms with Crippen molar-refractivity contribution in [2.24, 2.45) is 0 Å². The monoisotopic (exact) mass is 406 g/mol. The molecule has 0 bridgehead atoms. The van der Waals surface area contributed by atoms with Gasteiger partial charge in [-0.1, -0.05) is 42.3 Å². The van der Waals surface area contributed by atoms with Gasteiger partial charge in [0.15, 0.2) is 11.4 Å². The number of hydrogen-bond donors (Lipinski definition) is 1. The van der Waals surface area contributed by atoms with E-state index in [2.05, 4.69) is 4.90 Å². The van der Waals surface area contributed by atoms with Crippen molar-refractivity contribution in [3.63, 3.8) is 0 Å². The molecule has 2 aliphatic rings. The van der Waals surface area contributed by atoms with Crippen molar-refractivity contribution in [3.8, 4) is 0 Å². The molecule has 0 radical (unpaired) electrons. The number of piperidine rings is 1. The molecule has 2 aromatic carbocycles. The summed E-state index contributed by atoms with van der Waals surface area (Å²) in [6, 6.07) is 11.3. The van der Waals surface area contributed by atoms with Crippen molar-refractivity contribution < 1.29 is 14.7 Å². The number of hydrogen-bond acceptors (Lipinski definition) is 4. The normalized spacial score (nSPS) is 21.7. The standard InChI is InChI=1S/C25H30N2O3/c1-17-13-18(2)23(19(3)14-17)22(28)15-25(30)20-9-5-6-10-21(20)27(24(25)29)16-26-11-7-4-8-12-26/h5-6,9-10,13-14,30H,4,7-8,11-12,15-16H2,1-3H3/t25-/m0/s1. The summed E-state index contributed by atoms with van der Waals surface area (Å²) in [5.41, 5.74) is 2.87. The maximum Gasteiger partial charge on any atom is 0.265 e. The summed E-state index contributed by atoms with van der Waals surface area (Å²) in [4.78, 5) is 30.6. The highest BCUT2D eigenvalue weighted by Gasteiger charge is 2.51. The molecule has 0 aromatic heterocycles. The van der Waals surface area contributed by atoms with E-state index in [4.69, 9.17) is 0 Å². The number of anilines is 1. The zero-order valence-corrected chi connectivity index (χ0v) is 18.1. The fraction of sp³-hybridized carbons (Fsp3) is 0.440. The number of aliphatic hydroxyl groups is 1. The van der Waals surface area contributed by atoms with Crippen molar-refractivity contribution in [1.82, 2.24) is 4.90 Å². The second-order valence-corrected chi connectivity index (χ2v) is 8.80. The number of amides is 1. The Balaban J connectivity index is 1.66. The van der Waals surface area contributed by atoms with Crippen LogP contribution in [0.4, 0.5) is 5.69 Å². The zero-order valence-electron chi connectivity index (χ0n) is 18.1. The highest BCUT2D eigenvalue weighted by molar-refractivity contribution is 6.11. The Morgan fingerprint density at radius 3 is 2.33 bits per heavy atom. The molecule has 2 aromatic rings. The van der Waals surface area contributed by atoms with Crippen molar-refractivity contribution in [2.75, 3.05) is 24.7 Å². The predicted molar refractivity (Wildman–Crippen MR) is 118 cm³/mol. The maximum absolute atomic E-state index is 13.4. The number of carbonyl (C=O) groups is 2. The van der Waals surface area contributed by atoms with Crippen molar-refractivity contribution in [1.29, 1.82) is 0 Å². The number of aryl methyl sites for hydroxylation is 3. The molecule has 2 heterocycles. The number of likely N-dealkylation sites (tertiary alicyclic amines) is 1. The van der Waals surface area contributed by atoms with Crippen LogP contribution >= 0.6 is 0 Å². The third kappa shape index (κ3) is 3.57. The highest BCUT2D eigenvalue weighted by atomic mass is 16.3. The number of ketones is 1. The zero-order chi connectivity index (χ0) is 21.5. The van der Waals surface area contributed by atoms with Crippen molar-refractivity contribution in [3.05, 3.63) is 64.2 Å². The van der Waals surface area contributed by atoms with Gasteiger partial charge in [-0.25, -0.2) is 0 Å². The van der Waals surface area contributed by atoms with Crippen molar-refractivity contribution >= 4 is 17.4 Å². The molecule has 2 aliphatic heterocycles. The van der Waals surface area contributed by atoms with E-state index < -0.39 is 11.5 Å². The number of benzene rings is 2. The molecule has 0 unspecified atom stereocenters. The van der Waals surface area contributed by atoms with E-state index in [0.29, 0.717) is 23.5 Å². The SMILES string of the molecule is Cc1cc(C)c(C(=O)C[C@@]2(O)C(=O)N(CN3CCCCC3)c3ccccc32)c(C)c1. The number of carbonyl (C=O) groups excluding carboxylic acids is 2. The van der Waals surface area contributed by atoms with Crippen LogP contribution < -0.4 is 4.90 Å². The van der Waals surface area contributed by atoms with Gasteiger partial charge in [-0.3, -0.25) is 19.4 Å². The van der Waals surface area contributed by atoms with Gasteiger partial charge in [0.05, 0.1) is 18.8 Å². The molecule has 158 valence electrons. The minimum Gasteiger partial charge on any atom is -0.375 e. The summed E-state index contributed by atoms with van der Waals surface area (Å²) >= 11 is 0. The van der Waals surface area contributed by atoms with Gasteiger partial charge in [0.2, 0.25) is 0 Å². The lowest BCUT2D eigenvalue weighted by Gasteiger charge is -2.31. The van der Waals surface area contributed by atoms with Crippen LogP contribution in [0.15, 0.2) is 36.4 Å². The summed E-state index contributed by atoms with van der Waals surface area (Å²) in [6.07, 6.45) is 3.22. The predicted octanol–water partition coefficient (Wildman–Crippen LogP) is 3.86. The van der Waals surface area contributed by atoms with Gasteiger partial charge in [-0.2, -0.15) is 0 Å². The molecule has 1 atom stereocenters. The fourth-order valence-corrected chi connectivity index (χ4v) is 5.06. The molecular weight excluding hydrogens is 376 g/mol. The first kappa shape index (κ1) is 20.8. The number of Topliss-reactive ketones (excluding diaryl/α,β-unsaturated/α-hetero) is 1. The lowest BCUT2D eigenvalue weighted by molar-refractivity contribution is -0.136. The number of para-hydroxylation sites is 1. The van der Waals surface area contributed by atoms with Crippen LogP contribution in [0.5, 0.6) is 0 Å². The van der Waals surface area contributed by atoms with Crippen LogP contribution in [-0.4, -0.2) is 41.5 Å². The highest BCUT2D eigenvalue weighted by Crippen LogP contribution is 2.43. The first-order chi connectivity index (χ1) is 14.3. The van der Waals surface area contributed by atoms with Gasteiger partial charge in [0, 0.05) is 11.1 Å². The second-order valence-electron chi connectivity index (χ2n) is 8.80. The average Bonchev–Trinajstić information content (AvgIpc) is 2.90. The molecule has 0 aliphatic carbocycles. The van der Waals surface area contributed by atoms with Gasteiger partial charge in [0.1, 0.15) is 0 Å². The molecule has 5 nitrogen and oxygen atoms in total. The molecule has 30 heavy (non-hydrogen) atoms. The van der Waals surface area contributed by atoms with Crippen LogP contribution in [0.25, 0.3) is 0 Å². The minimum atomic E-state index is -1.83. The molecular formula is C25H30N2O3. The van der Waals surface area contributed by atoms with E-state index in [0.717, 1.165) is 42.6 Å². The molecule has 0 saturated carbocycles. The fourth-order valence-electron chi connectivity index (χ4n) is 5.06. The number of nitrogens with zero attached hydrogens (tertiary/aromatic N) is 2. The molecule has 1 fully saturated rings. The van der Waals surface area contributed by atoms with Gasteiger partial charge >= 0.3 is 0 Å². The topological polar surface area (TPSA) is 60.9 Å². The van der Waals surface area contributed by atoms with Crippen LogP contribution in [-0.2, 0) is 10.4 Å². The summed E-state index contributed by atoms with van der Waals surface area (Å²) in [5.74, 6) is -0.597. The third-order valence-electron chi connectivity index (χ3n) is 6.40. The molecule has 1 saturated heterocycles. The molecule has 1 N–H and O–H groups in total. The van der Waals surface area contributed by atoms with E-state index in [1.807, 2.05) is 51.1 Å². The minimum absolute atomic E-state index is 0.199. The first-order valence-corrected chi connectivity index (χ1v) is 10.8. The Morgan fingerprint density at radius 1 is 1.03 bits per heavy atom. The lowest BCUT2D eigenvalue weighted by atomic mass is 9.85. The van der Waals surface area contributed by atoms with Crippen molar-refractivity contribution in [2.45, 2.75) is 52.1 Å². The summed E-state index contributed by atoms with van der Waals surface area (Å²) < 4.78 is 0. The molecule has 0 spiro atoms. The Kier molecular flexibility index (Phi) is 5.51. The molecule has 1 amide bonds. The van der Waals surface area contributed by atoms with E-state index in [-0.39, 0.29) is 12.2 Å². The van der Waals surface area contributed by atoms with Crippen LogP contribution in [0, 0.1) is 20.8 Å². The number of fused-ring (bicyclic) bond motifs is 1. The third-order valence-corrected chi connectivity index (χ3v) is 6.40. The quantitative estimate of drug-likeness (QED) is 0.766. The van der Waals surface area contributed by atoms with Gasteiger partial charge in [-0.05, 0) is 63.9 Å². The van der Waals surface area contributed by atoms with E-state index in [1.54, 1.807) is 11.0 Å². The number of rotatable bonds is 5. The Labute approximate surface area is 178 Å². The summed E-state index contributed by atoms with van der Waals surface area (Å²) in [5, 5.41) is 11.5. The van der Waals surface area contributed by atoms with Gasteiger partial charge in [-0.15, -0.1) is 0 Å². The van der Waals surface area contributed by atoms with Gasteiger partial charge in [0.25, 0.3) is 5.91 Å². The van der Waals surface area contributed by atoms with Crippen LogP contribution in [0.3, 0.4) is 0 Å². The van der Waals surface area contributed by atoms with E-state index >= 15 is 0 Å². The van der Waals surface area contributed by atoms with E-state index in [9.17, 15) is 14.7 Å².